The molecule has 0 unspecified atom stereocenters. The first-order valence-corrected chi connectivity index (χ1v) is 6.52. The van der Waals surface area contributed by atoms with Gasteiger partial charge in [-0.25, -0.2) is 0 Å². The Morgan fingerprint density at radius 1 is 1.44 bits per heavy atom. The van der Waals surface area contributed by atoms with Crippen LogP contribution in [0.5, 0.6) is 0 Å². The van der Waals surface area contributed by atoms with Gasteiger partial charge >= 0.3 is 0 Å². The zero-order valence-electron chi connectivity index (χ0n) is 9.67. The van der Waals surface area contributed by atoms with Crippen molar-refractivity contribution < 1.29 is 4.79 Å². The Bertz CT molecular complexity index is 582. The number of carbonyl (C=O) groups excluding carboxylic acids is 1. The van der Waals surface area contributed by atoms with E-state index in [2.05, 4.69) is 9.59 Å². The van der Waals surface area contributed by atoms with E-state index >= 15 is 0 Å². The quantitative estimate of drug-likeness (QED) is 0.785. The molecule has 0 saturated carbocycles. The molecule has 0 radical (unpaired) electrons. The van der Waals surface area contributed by atoms with E-state index in [1.54, 1.807) is 10.3 Å². The van der Waals surface area contributed by atoms with Crippen LogP contribution in [0.4, 0.5) is 5.69 Å². The van der Waals surface area contributed by atoms with Gasteiger partial charge in [-0.3, -0.25) is 4.79 Å². The van der Waals surface area contributed by atoms with Gasteiger partial charge < -0.3 is 10.6 Å². The summed E-state index contributed by atoms with van der Waals surface area (Å²) in [5.74, 6) is -0.0585. The molecule has 92 valence electrons. The third-order valence-electron chi connectivity index (χ3n) is 3.17. The van der Waals surface area contributed by atoms with Crippen molar-refractivity contribution >= 4 is 23.1 Å². The number of benzene rings is 1. The van der Waals surface area contributed by atoms with Gasteiger partial charge in [0.15, 0.2) is 5.69 Å². The topological polar surface area (TPSA) is 72.1 Å². The number of carbonyl (C=O) groups is 1. The lowest BCUT2D eigenvalue weighted by atomic mass is 9.98. The monoisotopic (exact) mass is 260 g/mol. The van der Waals surface area contributed by atoms with E-state index in [0.717, 1.165) is 23.2 Å². The summed E-state index contributed by atoms with van der Waals surface area (Å²) in [6.45, 7) is 1.27. The molecule has 2 heterocycles. The van der Waals surface area contributed by atoms with Crippen LogP contribution in [0.25, 0.3) is 0 Å². The van der Waals surface area contributed by atoms with Gasteiger partial charge in [0.2, 0.25) is 0 Å². The second-order valence-corrected chi connectivity index (χ2v) is 4.86. The predicted octanol–water partition coefficient (Wildman–Crippen LogP) is 1.32. The summed E-state index contributed by atoms with van der Waals surface area (Å²) >= 11 is 1.19. The fourth-order valence-electron chi connectivity index (χ4n) is 2.23. The van der Waals surface area contributed by atoms with E-state index in [1.807, 2.05) is 18.2 Å². The van der Waals surface area contributed by atoms with Crippen LogP contribution < -0.4 is 5.73 Å². The van der Waals surface area contributed by atoms with Gasteiger partial charge in [0.25, 0.3) is 5.91 Å². The zero-order chi connectivity index (χ0) is 12.5. The molecule has 6 heteroatoms. The van der Waals surface area contributed by atoms with E-state index in [9.17, 15) is 4.79 Å². The summed E-state index contributed by atoms with van der Waals surface area (Å²) in [5.41, 5.74) is 9.46. The minimum atomic E-state index is -0.0585. The molecule has 0 saturated heterocycles. The lowest BCUT2D eigenvalue weighted by Crippen LogP contribution is -2.36. The lowest BCUT2D eigenvalue weighted by molar-refractivity contribution is 0.0729. The summed E-state index contributed by atoms with van der Waals surface area (Å²) in [5, 5.41) is 5.50. The SMILES string of the molecule is Nc1cccc2c1CCN(C(=O)c1csnn1)C2. The molecular formula is C12H12N4OS. The number of amides is 1. The third kappa shape index (κ3) is 1.84. The number of fused-ring (bicyclic) bond motifs is 1. The van der Waals surface area contributed by atoms with Crippen molar-refractivity contribution in [3.05, 3.63) is 40.4 Å². The molecule has 0 spiro atoms. The van der Waals surface area contributed by atoms with Crippen molar-refractivity contribution in [2.45, 2.75) is 13.0 Å². The van der Waals surface area contributed by atoms with E-state index in [1.165, 1.54) is 11.5 Å². The van der Waals surface area contributed by atoms with Crippen molar-refractivity contribution in [2.24, 2.45) is 0 Å². The van der Waals surface area contributed by atoms with E-state index in [0.29, 0.717) is 18.8 Å². The van der Waals surface area contributed by atoms with Crippen LogP contribution >= 0.6 is 11.5 Å². The summed E-state index contributed by atoms with van der Waals surface area (Å²) in [4.78, 5) is 13.9. The Kier molecular flexibility index (Phi) is 2.71. The Labute approximate surface area is 108 Å². The van der Waals surface area contributed by atoms with Crippen LogP contribution in [0.15, 0.2) is 23.6 Å². The zero-order valence-corrected chi connectivity index (χ0v) is 10.5. The largest absolute Gasteiger partial charge is 0.398 e. The van der Waals surface area contributed by atoms with Crippen LogP contribution in [0.2, 0.25) is 0 Å². The number of nitrogens with two attached hydrogens (primary N) is 1. The van der Waals surface area contributed by atoms with Gasteiger partial charge in [0.05, 0.1) is 0 Å². The molecule has 0 bridgehead atoms. The van der Waals surface area contributed by atoms with Crippen molar-refractivity contribution in [1.29, 1.82) is 0 Å². The number of aromatic nitrogens is 2. The van der Waals surface area contributed by atoms with Crippen LogP contribution in [0.1, 0.15) is 21.6 Å². The number of anilines is 1. The molecule has 2 N–H and O–H groups in total. The first kappa shape index (κ1) is 11.2. The first-order valence-electron chi connectivity index (χ1n) is 5.68. The van der Waals surface area contributed by atoms with Gasteiger partial charge in [0, 0.05) is 24.2 Å². The number of hydrogen-bond donors (Lipinski definition) is 1. The highest BCUT2D eigenvalue weighted by Crippen LogP contribution is 2.24. The highest BCUT2D eigenvalue weighted by molar-refractivity contribution is 7.03. The fraction of sp³-hybridized carbons (Fsp3) is 0.250. The maximum absolute atomic E-state index is 12.2. The number of hydrogen-bond acceptors (Lipinski definition) is 5. The van der Waals surface area contributed by atoms with Crippen molar-refractivity contribution in [3.63, 3.8) is 0 Å². The minimum Gasteiger partial charge on any atom is -0.398 e. The molecule has 1 aliphatic heterocycles. The molecule has 2 aromatic rings. The van der Waals surface area contributed by atoms with Gasteiger partial charge in [-0.15, -0.1) is 5.10 Å². The van der Waals surface area contributed by atoms with Gasteiger partial charge in [-0.1, -0.05) is 16.6 Å². The summed E-state index contributed by atoms with van der Waals surface area (Å²) in [6.07, 6.45) is 0.797. The van der Waals surface area contributed by atoms with Gasteiger partial charge in [0.1, 0.15) is 0 Å². The van der Waals surface area contributed by atoms with Crippen molar-refractivity contribution in [1.82, 2.24) is 14.5 Å². The highest BCUT2D eigenvalue weighted by Gasteiger charge is 2.24. The standard InChI is InChI=1S/C12H12N4OS/c13-10-3-1-2-8-6-16(5-4-9(8)10)12(17)11-7-18-15-14-11/h1-3,7H,4-6,13H2. The maximum Gasteiger partial charge on any atom is 0.275 e. The summed E-state index contributed by atoms with van der Waals surface area (Å²) in [6, 6.07) is 5.84. The molecule has 1 aromatic carbocycles. The average Bonchev–Trinajstić information content (AvgIpc) is 2.91. The maximum atomic E-state index is 12.2. The molecule has 5 nitrogen and oxygen atoms in total. The van der Waals surface area contributed by atoms with Crippen LogP contribution in [0.3, 0.4) is 0 Å². The fourth-order valence-corrected chi connectivity index (χ4v) is 2.66. The number of nitrogen functional groups attached to an aromatic ring is 1. The molecule has 1 amide bonds. The van der Waals surface area contributed by atoms with Gasteiger partial charge in [-0.2, -0.15) is 0 Å². The Morgan fingerprint density at radius 3 is 3.11 bits per heavy atom. The molecular weight excluding hydrogens is 248 g/mol. The predicted molar refractivity (Wildman–Crippen MR) is 69.2 cm³/mol. The Balaban J connectivity index is 1.85. The second-order valence-electron chi connectivity index (χ2n) is 4.25. The van der Waals surface area contributed by atoms with E-state index in [4.69, 9.17) is 5.73 Å². The summed E-state index contributed by atoms with van der Waals surface area (Å²) in [7, 11) is 0. The molecule has 0 atom stereocenters. The second kappa shape index (κ2) is 4.38. The molecule has 18 heavy (non-hydrogen) atoms. The molecule has 1 aliphatic rings. The molecule has 1 aromatic heterocycles. The number of rotatable bonds is 1. The van der Waals surface area contributed by atoms with Crippen LogP contribution in [-0.2, 0) is 13.0 Å². The van der Waals surface area contributed by atoms with Crippen molar-refractivity contribution in [2.75, 3.05) is 12.3 Å². The average molecular weight is 260 g/mol. The van der Waals surface area contributed by atoms with Crippen LogP contribution in [0, 0.1) is 0 Å². The first-order chi connectivity index (χ1) is 8.75. The molecule has 3 rings (SSSR count). The number of nitrogens with zero attached hydrogens (tertiary/aromatic N) is 3. The normalized spacial score (nSPS) is 14.3. The highest BCUT2D eigenvalue weighted by atomic mass is 32.1. The molecule has 0 aliphatic carbocycles. The van der Waals surface area contributed by atoms with Gasteiger partial charge in [-0.05, 0) is 35.1 Å². The van der Waals surface area contributed by atoms with E-state index < -0.39 is 0 Å². The Morgan fingerprint density at radius 2 is 2.33 bits per heavy atom. The summed E-state index contributed by atoms with van der Waals surface area (Å²) < 4.78 is 3.72. The van der Waals surface area contributed by atoms with E-state index in [-0.39, 0.29) is 5.91 Å². The van der Waals surface area contributed by atoms with Crippen LogP contribution in [-0.4, -0.2) is 26.9 Å². The third-order valence-corrected chi connectivity index (χ3v) is 3.67. The Hall–Kier alpha value is -1.95. The molecule has 0 fully saturated rings. The van der Waals surface area contributed by atoms with Crippen molar-refractivity contribution in [3.8, 4) is 0 Å². The smallest absolute Gasteiger partial charge is 0.275 e. The lowest BCUT2D eigenvalue weighted by Gasteiger charge is -2.28. The minimum absolute atomic E-state index is 0.0585.